The first kappa shape index (κ1) is 23.6. The first-order valence-corrected chi connectivity index (χ1v) is 11.1. The molecule has 0 unspecified atom stereocenters. The molecular weight excluding hydrogens is 428 g/mol. The molecule has 1 aliphatic rings. The van der Waals surface area contributed by atoms with Crippen LogP contribution in [0.15, 0.2) is 59.5 Å². The molecule has 3 heterocycles. The summed E-state index contributed by atoms with van der Waals surface area (Å²) in [5.74, 6) is 2.08. The van der Waals surface area contributed by atoms with Gasteiger partial charge in [0.25, 0.3) is 5.89 Å². The minimum Gasteiger partial charge on any atom is -0.389 e. The van der Waals surface area contributed by atoms with Crippen LogP contribution in [-0.4, -0.2) is 35.6 Å². The molecule has 0 amide bonds. The fourth-order valence-electron chi connectivity index (χ4n) is 4.30. The zero-order valence-electron chi connectivity index (χ0n) is 19.1. The summed E-state index contributed by atoms with van der Waals surface area (Å²) < 4.78 is 7.33. The summed E-state index contributed by atoms with van der Waals surface area (Å²) in [5, 5.41) is 18.7. The van der Waals surface area contributed by atoms with E-state index in [0.29, 0.717) is 30.0 Å². The Morgan fingerprint density at radius 2 is 1.74 bits per heavy atom. The van der Waals surface area contributed by atoms with Gasteiger partial charge in [0.1, 0.15) is 5.82 Å². The van der Waals surface area contributed by atoms with Crippen molar-refractivity contribution in [2.45, 2.75) is 58.6 Å². The van der Waals surface area contributed by atoms with E-state index in [4.69, 9.17) is 15.2 Å². The molecule has 3 N–H and O–H groups in total. The van der Waals surface area contributed by atoms with Crippen molar-refractivity contribution in [3.8, 4) is 22.6 Å². The van der Waals surface area contributed by atoms with Gasteiger partial charge in [0.05, 0.1) is 29.3 Å². The Hall–Kier alpha value is -3.52. The molecule has 8 nitrogen and oxygen atoms in total. The van der Waals surface area contributed by atoms with Crippen LogP contribution in [0.1, 0.15) is 52.4 Å². The Balaban J connectivity index is 0.00000274. The number of nitrogen functional groups attached to an aromatic ring is 1. The number of pyridine rings is 1. The predicted octanol–water partition coefficient (Wildman–Crippen LogP) is 4.70. The van der Waals surface area contributed by atoms with E-state index in [9.17, 15) is 5.11 Å². The van der Waals surface area contributed by atoms with Crippen LogP contribution in [0.4, 0.5) is 5.82 Å². The minimum absolute atomic E-state index is 0. The van der Waals surface area contributed by atoms with E-state index in [1.54, 1.807) is 30.9 Å². The number of hydrogen-bond acceptors (Lipinski definition) is 7. The molecule has 0 spiro atoms. The molecule has 5 rings (SSSR count). The Bertz CT molecular complexity index is 1250. The summed E-state index contributed by atoms with van der Waals surface area (Å²) in [5.41, 5.74) is 8.51. The van der Waals surface area contributed by atoms with Gasteiger partial charge >= 0.3 is 0 Å². The van der Waals surface area contributed by atoms with Gasteiger partial charge in [-0.25, -0.2) is 4.98 Å². The van der Waals surface area contributed by atoms with Gasteiger partial charge in [0, 0.05) is 18.0 Å². The molecule has 0 saturated heterocycles. The highest BCUT2D eigenvalue weighted by Crippen LogP contribution is 2.50. The van der Waals surface area contributed by atoms with E-state index in [1.807, 2.05) is 18.3 Å². The van der Waals surface area contributed by atoms with Crippen molar-refractivity contribution in [3.05, 3.63) is 66.4 Å². The largest absolute Gasteiger partial charge is 0.389 e. The monoisotopic (exact) mass is 460 g/mol. The molecule has 1 aliphatic carbocycles. The maximum atomic E-state index is 10.0. The highest BCUT2D eigenvalue weighted by Gasteiger charge is 2.47. The SMILES string of the molecule is C.CC(C)(O)Cn1cc(-c2nc([C@@](C)(c3ccc(-c4ccc(N)nc4)cc3)C3CC3)no2)cn1. The highest BCUT2D eigenvalue weighted by molar-refractivity contribution is 5.64. The van der Waals surface area contributed by atoms with Crippen LogP contribution < -0.4 is 5.73 Å². The third-order valence-corrected chi connectivity index (χ3v) is 6.32. The van der Waals surface area contributed by atoms with Crippen molar-refractivity contribution >= 4 is 5.82 Å². The first-order chi connectivity index (χ1) is 15.7. The van der Waals surface area contributed by atoms with Gasteiger partial charge in [-0.2, -0.15) is 10.1 Å². The van der Waals surface area contributed by atoms with Gasteiger partial charge in [-0.05, 0) is 62.8 Å². The minimum atomic E-state index is -0.859. The van der Waals surface area contributed by atoms with Crippen molar-refractivity contribution in [3.63, 3.8) is 0 Å². The van der Waals surface area contributed by atoms with Gasteiger partial charge in [0.2, 0.25) is 0 Å². The number of hydrogen-bond donors (Lipinski definition) is 2. The third kappa shape index (κ3) is 4.59. The van der Waals surface area contributed by atoms with Crippen LogP contribution in [0.25, 0.3) is 22.6 Å². The molecular formula is C26H32N6O2. The van der Waals surface area contributed by atoms with Gasteiger partial charge in [0.15, 0.2) is 5.82 Å². The number of anilines is 1. The standard InChI is InChI=1S/C25H28N6O2.CH4/c1-24(2,32)15-31-14-18(13-28-31)22-29-23(30-33-22)25(3,20-9-10-20)19-7-4-16(5-8-19)17-6-11-21(26)27-12-17;/h4-8,11-14,20,32H,9-10,15H2,1-3H3,(H2,26,27);1H4/t25-;/m0./s1. The quantitative estimate of drug-likeness (QED) is 0.411. The molecule has 0 bridgehead atoms. The van der Waals surface area contributed by atoms with Crippen LogP contribution in [0.2, 0.25) is 0 Å². The number of nitrogens with zero attached hydrogens (tertiary/aromatic N) is 5. The van der Waals surface area contributed by atoms with Crippen LogP contribution in [0.3, 0.4) is 0 Å². The highest BCUT2D eigenvalue weighted by atomic mass is 16.5. The van der Waals surface area contributed by atoms with Crippen molar-refractivity contribution in [2.75, 3.05) is 5.73 Å². The zero-order chi connectivity index (χ0) is 23.2. The first-order valence-electron chi connectivity index (χ1n) is 11.1. The molecule has 0 aliphatic heterocycles. The predicted molar refractivity (Wildman–Crippen MR) is 132 cm³/mol. The topological polar surface area (TPSA) is 116 Å². The summed E-state index contributed by atoms with van der Waals surface area (Å²) in [6.45, 7) is 6.06. The molecule has 1 atom stereocenters. The maximum Gasteiger partial charge on any atom is 0.261 e. The Labute approximate surface area is 199 Å². The average molecular weight is 461 g/mol. The van der Waals surface area contributed by atoms with Crippen molar-refractivity contribution < 1.29 is 9.63 Å². The molecule has 178 valence electrons. The fraction of sp³-hybridized carbons (Fsp3) is 0.385. The lowest BCUT2D eigenvalue weighted by Gasteiger charge is -2.27. The molecule has 34 heavy (non-hydrogen) atoms. The molecule has 8 heteroatoms. The van der Waals surface area contributed by atoms with Crippen LogP contribution in [0, 0.1) is 5.92 Å². The van der Waals surface area contributed by atoms with Crippen LogP contribution >= 0.6 is 0 Å². The molecule has 1 fully saturated rings. The van der Waals surface area contributed by atoms with Crippen molar-refractivity contribution in [1.82, 2.24) is 24.9 Å². The lowest BCUT2D eigenvalue weighted by atomic mass is 9.76. The lowest BCUT2D eigenvalue weighted by Crippen LogP contribution is -2.28. The van der Waals surface area contributed by atoms with E-state index < -0.39 is 5.60 Å². The van der Waals surface area contributed by atoms with Crippen molar-refractivity contribution in [2.24, 2.45) is 5.92 Å². The summed E-state index contributed by atoms with van der Waals surface area (Å²) in [6.07, 6.45) is 7.56. The number of aromatic nitrogens is 5. The summed E-state index contributed by atoms with van der Waals surface area (Å²) >= 11 is 0. The molecule has 1 aromatic carbocycles. The Kier molecular flexibility index (Phi) is 6.03. The Morgan fingerprint density at radius 3 is 2.35 bits per heavy atom. The number of aliphatic hydroxyl groups is 1. The average Bonchev–Trinajstić information content (AvgIpc) is 3.35. The van der Waals surface area contributed by atoms with Gasteiger partial charge in [-0.3, -0.25) is 4.68 Å². The zero-order valence-corrected chi connectivity index (χ0v) is 19.1. The van der Waals surface area contributed by atoms with E-state index in [-0.39, 0.29) is 12.8 Å². The van der Waals surface area contributed by atoms with Gasteiger partial charge in [-0.1, -0.05) is 36.8 Å². The van der Waals surface area contributed by atoms with E-state index in [0.717, 1.165) is 35.1 Å². The molecule has 3 aromatic heterocycles. The second kappa shape index (κ2) is 8.68. The molecule has 4 aromatic rings. The molecule has 0 radical (unpaired) electrons. The number of nitrogens with two attached hydrogens (primary N) is 1. The smallest absolute Gasteiger partial charge is 0.261 e. The number of benzene rings is 1. The van der Waals surface area contributed by atoms with E-state index >= 15 is 0 Å². The maximum absolute atomic E-state index is 10.0. The van der Waals surface area contributed by atoms with Crippen LogP contribution in [0.5, 0.6) is 0 Å². The van der Waals surface area contributed by atoms with E-state index in [2.05, 4.69) is 46.4 Å². The van der Waals surface area contributed by atoms with Gasteiger partial charge in [-0.15, -0.1) is 0 Å². The number of rotatable bonds is 7. The second-order valence-corrected chi connectivity index (χ2v) is 9.69. The fourth-order valence-corrected chi connectivity index (χ4v) is 4.30. The van der Waals surface area contributed by atoms with Gasteiger partial charge < -0.3 is 15.4 Å². The second-order valence-electron chi connectivity index (χ2n) is 9.69. The summed E-state index contributed by atoms with van der Waals surface area (Å²) in [6, 6.07) is 12.3. The third-order valence-electron chi connectivity index (χ3n) is 6.32. The van der Waals surface area contributed by atoms with Crippen molar-refractivity contribution in [1.29, 1.82) is 0 Å². The Morgan fingerprint density at radius 1 is 1.03 bits per heavy atom. The van der Waals surface area contributed by atoms with Crippen LogP contribution in [-0.2, 0) is 12.0 Å². The summed E-state index contributed by atoms with van der Waals surface area (Å²) in [4.78, 5) is 8.96. The van der Waals surface area contributed by atoms with E-state index in [1.165, 1.54) is 0 Å². The summed E-state index contributed by atoms with van der Waals surface area (Å²) in [7, 11) is 0. The molecule has 1 saturated carbocycles. The normalized spacial score (nSPS) is 15.5. The lowest BCUT2D eigenvalue weighted by molar-refractivity contribution is 0.0577.